The van der Waals surface area contributed by atoms with Crippen LogP contribution in [0.5, 0.6) is 0 Å². The zero-order valence-corrected chi connectivity index (χ0v) is 9.96. The Bertz CT molecular complexity index is 447. The van der Waals surface area contributed by atoms with Gasteiger partial charge in [-0.1, -0.05) is 42.8 Å². The Morgan fingerprint density at radius 1 is 1.00 bits per heavy atom. The minimum atomic E-state index is 0.561. The first-order chi connectivity index (χ1) is 7.11. The number of rotatable bonds is 1. The Morgan fingerprint density at radius 2 is 1.67 bits per heavy atom. The number of benzene rings is 1. The van der Waals surface area contributed by atoms with Crippen molar-refractivity contribution < 1.29 is 0 Å². The van der Waals surface area contributed by atoms with Crippen molar-refractivity contribution in [2.45, 2.75) is 27.7 Å². The van der Waals surface area contributed by atoms with E-state index < -0.39 is 0 Å². The van der Waals surface area contributed by atoms with Gasteiger partial charge in [-0.2, -0.15) is 0 Å². The van der Waals surface area contributed by atoms with Gasteiger partial charge in [0.15, 0.2) is 0 Å². The van der Waals surface area contributed by atoms with E-state index >= 15 is 0 Å². The molecule has 1 aliphatic rings. The summed E-state index contributed by atoms with van der Waals surface area (Å²) in [5.41, 5.74) is 7.18. The van der Waals surface area contributed by atoms with E-state index in [-0.39, 0.29) is 0 Å². The summed E-state index contributed by atoms with van der Waals surface area (Å²) in [6, 6.07) is 8.66. The molecule has 2 rings (SSSR count). The summed E-state index contributed by atoms with van der Waals surface area (Å²) in [6.07, 6.45) is 2.36. The summed E-state index contributed by atoms with van der Waals surface area (Å²) in [7, 11) is 0. The second kappa shape index (κ2) is 3.69. The Labute approximate surface area is 92.3 Å². The molecule has 1 aromatic rings. The first-order valence-electron chi connectivity index (χ1n) is 5.57. The topological polar surface area (TPSA) is 0 Å². The SMILES string of the molecule is CC1=CC(C)C(c2ccccc2C)=C1C. The Balaban J connectivity index is 2.55. The van der Waals surface area contributed by atoms with Crippen molar-refractivity contribution in [1.29, 1.82) is 0 Å². The zero-order valence-electron chi connectivity index (χ0n) is 9.96. The minimum Gasteiger partial charge on any atom is -0.0740 e. The lowest BCUT2D eigenvalue weighted by Crippen LogP contribution is -1.95. The predicted molar refractivity (Wildman–Crippen MR) is 66.7 cm³/mol. The summed E-state index contributed by atoms with van der Waals surface area (Å²) in [6.45, 7) is 8.91. The van der Waals surface area contributed by atoms with Gasteiger partial charge in [0.1, 0.15) is 0 Å². The fourth-order valence-corrected chi connectivity index (χ4v) is 2.46. The molecule has 0 N–H and O–H groups in total. The van der Waals surface area contributed by atoms with E-state index in [4.69, 9.17) is 0 Å². The predicted octanol–water partition coefficient (Wildman–Crippen LogP) is 4.36. The van der Waals surface area contributed by atoms with Gasteiger partial charge >= 0.3 is 0 Å². The Kier molecular flexibility index (Phi) is 2.52. The van der Waals surface area contributed by atoms with E-state index in [1.165, 1.54) is 27.8 Å². The molecular formula is C15H18. The molecule has 0 saturated carbocycles. The van der Waals surface area contributed by atoms with Crippen molar-refractivity contribution in [2.24, 2.45) is 5.92 Å². The monoisotopic (exact) mass is 198 g/mol. The third kappa shape index (κ3) is 1.65. The average molecular weight is 198 g/mol. The largest absolute Gasteiger partial charge is 0.0740 e. The van der Waals surface area contributed by atoms with Crippen LogP contribution in [0.3, 0.4) is 0 Å². The van der Waals surface area contributed by atoms with Crippen LogP contribution in [0.15, 0.2) is 41.5 Å². The lowest BCUT2D eigenvalue weighted by Gasteiger charge is -2.13. The van der Waals surface area contributed by atoms with Gasteiger partial charge in [0.05, 0.1) is 0 Å². The molecule has 0 heteroatoms. The molecule has 0 nitrogen and oxygen atoms in total. The molecule has 1 atom stereocenters. The lowest BCUT2D eigenvalue weighted by atomic mass is 9.91. The van der Waals surface area contributed by atoms with Gasteiger partial charge in [-0.3, -0.25) is 0 Å². The fourth-order valence-electron chi connectivity index (χ4n) is 2.46. The van der Waals surface area contributed by atoms with Crippen LogP contribution >= 0.6 is 0 Å². The fraction of sp³-hybridized carbons (Fsp3) is 0.333. The van der Waals surface area contributed by atoms with Crippen molar-refractivity contribution in [1.82, 2.24) is 0 Å². The Morgan fingerprint density at radius 3 is 2.20 bits per heavy atom. The maximum absolute atomic E-state index is 2.36. The standard InChI is InChI=1S/C15H18/c1-10-7-5-6-8-14(10)15-12(3)9-11(2)13(15)4/h5-9,12H,1-4H3. The first-order valence-corrected chi connectivity index (χ1v) is 5.57. The van der Waals surface area contributed by atoms with Gasteiger partial charge in [-0.15, -0.1) is 0 Å². The summed E-state index contributed by atoms with van der Waals surface area (Å²) < 4.78 is 0. The summed E-state index contributed by atoms with van der Waals surface area (Å²) in [5, 5.41) is 0. The number of aryl methyl sites for hydroxylation is 1. The summed E-state index contributed by atoms with van der Waals surface area (Å²) in [5.74, 6) is 0.561. The van der Waals surface area contributed by atoms with E-state index in [0.29, 0.717) is 5.92 Å². The molecule has 1 aromatic carbocycles. The van der Waals surface area contributed by atoms with E-state index in [2.05, 4.69) is 58.0 Å². The molecule has 1 aliphatic carbocycles. The van der Waals surface area contributed by atoms with Gasteiger partial charge in [0, 0.05) is 5.92 Å². The molecule has 78 valence electrons. The van der Waals surface area contributed by atoms with Crippen LogP contribution in [-0.4, -0.2) is 0 Å². The maximum Gasteiger partial charge on any atom is 0.000413 e. The van der Waals surface area contributed by atoms with Crippen molar-refractivity contribution in [3.8, 4) is 0 Å². The number of allylic oxidation sites excluding steroid dienone is 4. The molecule has 0 radical (unpaired) electrons. The third-order valence-electron chi connectivity index (χ3n) is 3.39. The molecule has 0 aliphatic heterocycles. The van der Waals surface area contributed by atoms with Crippen molar-refractivity contribution in [2.75, 3.05) is 0 Å². The van der Waals surface area contributed by atoms with Crippen LogP contribution in [0, 0.1) is 12.8 Å². The average Bonchev–Trinajstić information content (AvgIpc) is 2.43. The molecule has 0 bridgehead atoms. The van der Waals surface area contributed by atoms with Gasteiger partial charge in [-0.25, -0.2) is 0 Å². The second-order valence-corrected chi connectivity index (χ2v) is 4.49. The third-order valence-corrected chi connectivity index (χ3v) is 3.39. The highest BCUT2D eigenvalue weighted by atomic mass is 14.2. The normalized spacial score (nSPS) is 20.8. The van der Waals surface area contributed by atoms with Crippen LogP contribution in [-0.2, 0) is 0 Å². The molecule has 0 heterocycles. The minimum absolute atomic E-state index is 0.561. The number of hydrogen-bond donors (Lipinski definition) is 0. The Hall–Kier alpha value is -1.30. The molecule has 0 saturated heterocycles. The van der Waals surface area contributed by atoms with E-state index in [9.17, 15) is 0 Å². The molecule has 1 unspecified atom stereocenters. The quantitative estimate of drug-likeness (QED) is 0.628. The van der Waals surface area contributed by atoms with Crippen LogP contribution < -0.4 is 0 Å². The van der Waals surface area contributed by atoms with Crippen LogP contribution in [0.1, 0.15) is 31.9 Å². The smallest absolute Gasteiger partial charge is 0.000413 e. The lowest BCUT2D eigenvalue weighted by molar-refractivity contribution is 0.973. The van der Waals surface area contributed by atoms with Gasteiger partial charge in [0.2, 0.25) is 0 Å². The summed E-state index contributed by atoms with van der Waals surface area (Å²) in [4.78, 5) is 0. The van der Waals surface area contributed by atoms with E-state index in [1.807, 2.05) is 0 Å². The van der Waals surface area contributed by atoms with Crippen molar-refractivity contribution >= 4 is 5.57 Å². The van der Waals surface area contributed by atoms with E-state index in [0.717, 1.165) is 0 Å². The second-order valence-electron chi connectivity index (χ2n) is 4.49. The highest BCUT2D eigenvalue weighted by Gasteiger charge is 2.20. The molecular weight excluding hydrogens is 180 g/mol. The zero-order chi connectivity index (χ0) is 11.0. The van der Waals surface area contributed by atoms with Crippen molar-refractivity contribution in [3.63, 3.8) is 0 Å². The molecule has 0 amide bonds. The highest BCUT2D eigenvalue weighted by molar-refractivity contribution is 5.79. The molecule has 0 fully saturated rings. The van der Waals surface area contributed by atoms with Crippen molar-refractivity contribution in [3.05, 3.63) is 52.6 Å². The molecule has 0 aromatic heterocycles. The maximum atomic E-state index is 2.36. The van der Waals surface area contributed by atoms with Gasteiger partial charge in [-0.05, 0) is 43.0 Å². The number of hydrogen-bond acceptors (Lipinski definition) is 0. The first kappa shape index (κ1) is 10.2. The molecule has 0 spiro atoms. The van der Waals surface area contributed by atoms with Gasteiger partial charge in [0.25, 0.3) is 0 Å². The van der Waals surface area contributed by atoms with Crippen LogP contribution in [0.4, 0.5) is 0 Å². The summed E-state index contributed by atoms with van der Waals surface area (Å²) >= 11 is 0. The highest BCUT2D eigenvalue weighted by Crippen LogP contribution is 2.38. The van der Waals surface area contributed by atoms with E-state index in [1.54, 1.807) is 0 Å². The molecule has 15 heavy (non-hydrogen) atoms. The van der Waals surface area contributed by atoms with Gasteiger partial charge < -0.3 is 0 Å². The van der Waals surface area contributed by atoms with Crippen LogP contribution in [0.2, 0.25) is 0 Å². The van der Waals surface area contributed by atoms with Crippen LogP contribution in [0.25, 0.3) is 5.57 Å².